The Kier molecular flexibility index (Phi) is 4.66. The molecule has 0 spiro atoms. The number of hydrogen-bond donors (Lipinski definition) is 0. The molecule has 0 aliphatic heterocycles. The summed E-state index contributed by atoms with van der Waals surface area (Å²) in [5, 5.41) is 0. The maximum atomic E-state index is 5.50. The average molecular weight is 245 g/mol. The monoisotopic (exact) mass is 245 g/mol. The van der Waals surface area contributed by atoms with E-state index in [1.165, 1.54) is 0 Å². The quantitative estimate of drug-likeness (QED) is 0.515. The van der Waals surface area contributed by atoms with Crippen molar-refractivity contribution in [3.63, 3.8) is 0 Å². The topological polar surface area (TPSA) is 36.5 Å². The van der Waals surface area contributed by atoms with Crippen LogP contribution in [0.5, 0.6) is 0 Å². The van der Waals surface area contributed by atoms with Gasteiger partial charge in [-0.05, 0) is 6.42 Å². The number of aryl methyl sites for hydroxylation is 2. The van der Waals surface area contributed by atoms with Gasteiger partial charge in [0.15, 0.2) is 0 Å². The second kappa shape index (κ2) is 5.58. The van der Waals surface area contributed by atoms with Crippen LogP contribution in [0.4, 0.5) is 0 Å². The molecule has 1 aromatic rings. The first-order valence-corrected chi connectivity index (χ1v) is 7.08. The normalized spacial score (nSPS) is 12.1. The average Bonchev–Trinajstić information content (AvgIpc) is 2.66. The summed E-state index contributed by atoms with van der Waals surface area (Å²) in [5.41, 5.74) is 0.974. The van der Waals surface area contributed by atoms with Gasteiger partial charge >= 0.3 is 14.3 Å². The molecule has 16 heavy (non-hydrogen) atoms. The molecule has 0 N–H and O–H groups in total. The fourth-order valence-electron chi connectivity index (χ4n) is 1.86. The molecular weight excluding hydrogens is 224 g/mol. The van der Waals surface area contributed by atoms with Gasteiger partial charge in [-0.2, -0.15) is 0 Å². The van der Waals surface area contributed by atoms with E-state index >= 15 is 0 Å². The first-order valence-electron chi connectivity index (χ1n) is 5.35. The molecule has 0 aromatic carbocycles. The van der Waals surface area contributed by atoms with E-state index < -0.39 is 8.80 Å². The third-order valence-corrected chi connectivity index (χ3v) is 5.42. The van der Waals surface area contributed by atoms with E-state index in [9.17, 15) is 0 Å². The number of rotatable bonds is 6. The molecule has 1 rings (SSSR count). The predicted molar refractivity (Wildman–Crippen MR) is 62.3 cm³/mol. The predicted octanol–water partition coefficient (Wildman–Crippen LogP) is -0.192. The summed E-state index contributed by atoms with van der Waals surface area (Å²) in [6.45, 7) is 3.07. The van der Waals surface area contributed by atoms with E-state index in [4.69, 9.17) is 13.3 Å². The lowest BCUT2D eigenvalue weighted by Gasteiger charge is -2.21. The van der Waals surface area contributed by atoms with Crippen LogP contribution in [0.15, 0.2) is 12.4 Å². The van der Waals surface area contributed by atoms with Gasteiger partial charge in [-0.1, -0.05) is 6.92 Å². The van der Waals surface area contributed by atoms with Gasteiger partial charge in [0.2, 0.25) is 0 Å². The van der Waals surface area contributed by atoms with Crippen LogP contribution < -0.4 is 10.0 Å². The molecule has 0 saturated heterocycles. The number of nitrogens with zero attached hydrogens (tertiary/aromatic N) is 2. The maximum absolute atomic E-state index is 5.50. The molecule has 92 valence electrons. The molecule has 1 heterocycles. The Labute approximate surface area is 97.9 Å². The van der Waals surface area contributed by atoms with E-state index in [-0.39, 0.29) is 0 Å². The molecule has 0 saturated carbocycles. The molecule has 0 fully saturated rings. The van der Waals surface area contributed by atoms with Crippen LogP contribution in [0.25, 0.3) is 0 Å². The molecule has 6 heteroatoms. The Balaban J connectivity index is 3.21. The van der Waals surface area contributed by atoms with E-state index in [1.54, 1.807) is 21.3 Å². The highest BCUT2D eigenvalue weighted by Gasteiger charge is 2.52. The summed E-state index contributed by atoms with van der Waals surface area (Å²) in [4.78, 5) is 0. The van der Waals surface area contributed by atoms with Gasteiger partial charge in [-0.3, -0.25) is 0 Å². The molecule has 0 atom stereocenters. The summed E-state index contributed by atoms with van der Waals surface area (Å²) < 4.78 is 20.6. The van der Waals surface area contributed by atoms with Crippen molar-refractivity contribution in [2.75, 3.05) is 21.3 Å². The molecule has 0 amide bonds. The fraction of sp³-hybridized carbons (Fsp3) is 0.700. The molecule has 0 unspecified atom stereocenters. The summed E-state index contributed by atoms with van der Waals surface area (Å²) in [6.07, 6.45) is 5.07. The van der Waals surface area contributed by atoms with Gasteiger partial charge in [-0.15, -0.1) is 0 Å². The Hall–Kier alpha value is -0.693. The van der Waals surface area contributed by atoms with Gasteiger partial charge in [-0.25, -0.2) is 9.13 Å². The van der Waals surface area contributed by atoms with Gasteiger partial charge < -0.3 is 13.3 Å². The van der Waals surface area contributed by atoms with E-state index in [1.807, 2.05) is 24.0 Å². The number of hydrogen-bond acceptors (Lipinski definition) is 3. The van der Waals surface area contributed by atoms with Crippen LogP contribution >= 0.6 is 0 Å². The molecule has 0 radical (unpaired) electrons. The third kappa shape index (κ3) is 2.19. The summed E-state index contributed by atoms with van der Waals surface area (Å²) in [6, 6.07) is 0. The summed E-state index contributed by atoms with van der Waals surface area (Å²) in [5.74, 6) is 0. The van der Waals surface area contributed by atoms with Crippen molar-refractivity contribution >= 4 is 14.3 Å². The van der Waals surface area contributed by atoms with E-state index in [2.05, 4.69) is 11.5 Å². The van der Waals surface area contributed by atoms with Gasteiger partial charge in [0.25, 0.3) is 0 Å². The van der Waals surface area contributed by atoms with Crippen molar-refractivity contribution in [1.82, 2.24) is 4.57 Å². The minimum Gasteiger partial charge on any atom is -0.369 e. The number of aromatic nitrogens is 2. The van der Waals surface area contributed by atoms with Crippen molar-refractivity contribution in [2.45, 2.75) is 19.9 Å². The lowest BCUT2D eigenvalue weighted by molar-refractivity contribution is -0.655. The number of imidazole rings is 1. The standard InChI is InChI=1S/C10H21N2O3Si/c1-6-7-12-9-8-11(2)10(12)16(13-3,14-4)15-5/h8-9H,6-7H2,1-5H3/q+1. The van der Waals surface area contributed by atoms with Crippen LogP contribution in [0.2, 0.25) is 0 Å². The van der Waals surface area contributed by atoms with Gasteiger partial charge in [0, 0.05) is 21.3 Å². The zero-order chi connectivity index (χ0) is 12.2. The fourth-order valence-corrected chi connectivity index (χ4v) is 3.95. The van der Waals surface area contributed by atoms with Crippen molar-refractivity contribution in [1.29, 1.82) is 0 Å². The van der Waals surface area contributed by atoms with Crippen LogP contribution in [0, 0.1) is 0 Å². The molecular formula is C10H21N2O3Si+. The van der Waals surface area contributed by atoms with Crippen LogP contribution in [-0.2, 0) is 26.9 Å². The third-order valence-electron chi connectivity index (χ3n) is 2.62. The van der Waals surface area contributed by atoms with E-state index in [0.717, 1.165) is 18.4 Å². The second-order valence-electron chi connectivity index (χ2n) is 3.59. The lowest BCUT2D eigenvalue weighted by atomic mass is 10.5. The first-order chi connectivity index (χ1) is 7.65. The lowest BCUT2D eigenvalue weighted by Crippen LogP contribution is -2.68. The Morgan fingerprint density at radius 2 is 1.81 bits per heavy atom. The van der Waals surface area contributed by atoms with Crippen molar-refractivity contribution in [3.05, 3.63) is 12.4 Å². The zero-order valence-corrected chi connectivity index (χ0v) is 11.7. The van der Waals surface area contributed by atoms with Crippen molar-refractivity contribution < 1.29 is 17.8 Å². The highest BCUT2D eigenvalue weighted by molar-refractivity contribution is 6.73. The smallest absolute Gasteiger partial charge is 0.369 e. The molecule has 0 aliphatic carbocycles. The van der Waals surface area contributed by atoms with Crippen LogP contribution in [0.1, 0.15) is 13.3 Å². The zero-order valence-electron chi connectivity index (χ0n) is 10.7. The SMILES string of the molecule is CCCn1cc[n+](C)c1[Si](OC)(OC)OC. The van der Waals surface area contributed by atoms with Crippen molar-refractivity contribution in [2.24, 2.45) is 7.05 Å². The molecule has 5 nitrogen and oxygen atoms in total. The summed E-state index contributed by atoms with van der Waals surface area (Å²) >= 11 is 0. The van der Waals surface area contributed by atoms with Crippen molar-refractivity contribution in [3.8, 4) is 0 Å². The molecule has 0 aliphatic rings. The van der Waals surface area contributed by atoms with Gasteiger partial charge in [0.1, 0.15) is 12.4 Å². The van der Waals surface area contributed by atoms with Gasteiger partial charge in [0.05, 0.1) is 13.6 Å². The summed E-state index contributed by atoms with van der Waals surface area (Å²) in [7, 11) is 4.11. The largest absolute Gasteiger partial charge is 0.626 e. The van der Waals surface area contributed by atoms with Crippen LogP contribution in [-0.4, -0.2) is 34.7 Å². The maximum Gasteiger partial charge on any atom is 0.626 e. The second-order valence-corrected chi connectivity index (χ2v) is 6.38. The van der Waals surface area contributed by atoms with E-state index in [0.29, 0.717) is 0 Å². The highest BCUT2D eigenvalue weighted by Crippen LogP contribution is 2.05. The molecule has 0 bridgehead atoms. The minimum atomic E-state index is -2.74. The Morgan fingerprint density at radius 3 is 2.25 bits per heavy atom. The van der Waals surface area contributed by atoms with Crippen LogP contribution in [0.3, 0.4) is 0 Å². The highest BCUT2D eigenvalue weighted by atomic mass is 28.4. The Bertz CT molecular complexity index is 329. The first kappa shape index (κ1) is 13.4. The minimum absolute atomic E-state index is 0.932. The Morgan fingerprint density at radius 1 is 1.25 bits per heavy atom. The molecule has 1 aromatic heterocycles.